The molecule has 0 saturated heterocycles. The molecule has 1 aromatic heterocycles. The minimum Gasteiger partial charge on any atom is -0.395 e. The summed E-state index contributed by atoms with van der Waals surface area (Å²) in [6.07, 6.45) is 0. The Labute approximate surface area is 92.0 Å². The zero-order chi connectivity index (χ0) is 9.84. The molecule has 4 nitrogen and oxygen atoms in total. The van der Waals surface area contributed by atoms with Crippen LogP contribution in [0.4, 0.5) is 0 Å². The highest BCUT2D eigenvalue weighted by Gasteiger charge is 2.09. The maximum Gasteiger partial charge on any atom is 0.267 e. The molecular weight excluding hydrogens is 304 g/mol. The molecule has 0 aromatic carbocycles. The van der Waals surface area contributed by atoms with E-state index in [0.29, 0.717) is 5.69 Å². The van der Waals surface area contributed by atoms with Crippen molar-refractivity contribution in [3.05, 3.63) is 20.8 Å². The summed E-state index contributed by atoms with van der Waals surface area (Å²) < 4.78 is 1.52. The molecule has 6 heteroatoms. The first-order valence-corrected chi connectivity index (χ1v) is 5.17. The Morgan fingerprint density at radius 1 is 1.62 bits per heavy atom. The summed E-state index contributed by atoms with van der Waals surface area (Å²) in [7, 11) is 0. The summed E-state index contributed by atoms with van der Waals surface area (Å²) in [5.41, 5.74) is 0.451. The highest BCUT2D eigenvalue weighted by molar-refractivity contribution is 9.13. The number of halogens is 2. The number of aliphatic hydroxyl groups excluding tert-OH is 1. The maximum absolute atomic E-state index is 11.3. The first-order valence-electron chi connectivity index (χ1n) is 3.58. The van der Waals surface area contributed by atoms with Gasteiger partial charge in [0.15, 0.2) is 0 Å². The van der Waals surface area contributed by atoms with Gasteiger partial charge < -0.3 is 15.4 Å². The molecule has 1 amide bonds. The molecule has 0 aliphatic heterocycles. The summed E-state index contributed by atoms with van der Waals surface area (Å²) in [4.78, 5) is 14.1. The molecule has 1 heterocycles. The number of carbonyl (C=O) groups excluding carboxylic acids is 1. The van der Waals surface area contributed by atoms with Crippen LogP contribution in [0.1, 0.15) is 10.5 Å². The third-order valence-electron chi connectivity index (χ3n) is 1.37. The molecule has 0 saturated carbocycles. The molecule has 1 aromatic rings. The SMILES string of the molecule is O=C(NCCO)c1cc(Br)c(Br)[nH]1. The van der Waals surface area contributed by atoms with Gasteiger partial charge in [0.1, 0.15) is 5.69 Å². The standard InChI is InChI=1S/C7H8Br2N2O2/c8-4-3-5(11-6(4)9)7(13)10-1-2-12/h3,11-12H,1-2H2,(H,10,13). The first-order chi connectivity index (χ1) is 6.15. The van der Waals surface area contributed by atoms with Gasteiger partial charge in [-0.3, -0.25) is 4.79 Å². The highest BCUT2D eigenvalue weighted by atomic mass is 79.9. The van der Waals surface area contributed by atoms with Crippen LogP contribution in [0.25, 0.3) is 0 Å². The fraction of sp³-hybridized carbons (Fsp3) is 0.286. The van der Waals surface area contributed by atoms with E-state index in [1.807, 2.05) is 0 Å². The van der Waals surface area contributed by atoms with Crippen molar-refractivity contribution in [1.29, 1.82) is 0 Å². The fourth-order valence-corrected chi connectivity index (χ4v) is 1.45. The van der Waals surface area contributed by atoms with Gasteiger partial charge in [-0.1, -0.05) is 0 Å². The van der Waals surface area contributed by atoms with Crippen LogP contribution in [0.3, 0.4) is 0 Å². The number of carbonyl (C=O) groups is 1. The molecule has 3 N–H and O–H groups in total. The van der Waals surface area contributed by atoms with E-state index in [1.165, 1.54) is 0 Å². The van der Waals surface area contributed by atoms with E-state index in [0.717, 1.165) is 9.08 Å². The molecule has 0 unspecified atom stereocenters. The number of aliphatic hydroxyl groups is 1. The number of aromatic nitrogens is 1. The van der Waals surface area contributed by atoms with Crippen LogP contribution in [-0.2, 0) is 0 Å². The molecule has 0 radical (unpaired) electrons. The Morgan fingerprint density at radius 2 is 2.31 bits per heavy atom. The predicted molar refractivity (Wildman–Crippen MR) is 55.6 cm³/mol. The second-order valence-corrected chi connectivity index (χ2v) is 3.97. The monoisotopic (exact) mass is 310 g/mol. The van der Waals surface area contributed by atoms with Crippen LogP contribution in [0.15, 0.2) is 15.1 Å². The largest absolute Gasteiger partial charge is 0.395 e. The van der Waals surface area contributed by atoms with Crippen LogP contribution in [0.5, 0.6) is 0 Å². The highest BCUT2D eigenvalue weighted by Crippen LogP contribution is 2.22. The first kappa shape index (κ1) is 10.7. The lowest BCUT2D eigenvalue weighted by Gasteiger charge is -1.99. The van der Waals surface area contributed by atoms with Crippen molar-refractivity contribution < 1.29 is 9.90 Å². The van der Waals surface area contributed by atoms with Gasteiger partial charge in [-0.15, -0.1) is 0 Å². The van der Waals surface area contributed by atoms with Gasteiger partial charge in [-0.05, 0) is 37.9 Å². The Morgan fingerprint density at radius 3 is 2.77 bits per heavy atom. The number of H-pyrrole nitrogens is 1. The molecule has 0 fully saturated rings. The summed E-state index contributed by atoms with van der Waals surface area (Å²) in [5, 5.41) is 11.0. The number of amides is 1. The van der Waals surface area contributed by atoms with Gasteiger partial charge in [-0.2, -0.15) is 0 Å². The average Bonchev–Trinajstić information content (AvgIpc) is 2.43. The summed E-state index contributed by atoms with van der Waals surface area (Å²) in [6, 6.07) is 1.66. The van der Waals surface area contributed by atoms with Crippen molar-refractivity contribution in [2.24, 2.45) is 0 Å². The Balaban J connectivity index is 2.66. The van der Waals surface area contributed by atoms with Crippen molar-refractivity contribution in [3.63, 3.8) is 0 Å². The van der Waals surface area contributed by atoms with E-state index in [9.17, 15) is 4.79 Å². The molecular formula is C7H8Br2N2O2. The zero-order valence-electron chi connectivity index (χ0n) is 6.60. The van der Waals surface area contributed by atoms with Crippen LogP contribution >= 0.6 is 31.9 Å². The van der Waals surface area contributed by atoms with E-state index in [2.05, 4.69) is 42.2 Å². The molecule has 72 valence electrons. The smallest absolute Gasteiger partial charge is 0.267 e. The predicted octanol–water partition coefficient (Wildman–Crippen LogP) is 1.26. The number of nitrogens with one attached hydrogen (secondary N) is 2. The number of hydrogen-bond donors (Lipinski definition) is 3. The Hall–Kier alpha value is -0.330. The zero-order valence-corrected chi connectivity index (χ0v) is 9.77. The number of aromatic amines is 1. The van der Waals surface area contributed by atoms with Gasteiger partial charge in [0, 0.05) is 6.54 Å². The van der Waals surface area contributed by atoms with E-state index in [4.69, 9.17) is 5.11 Å². The lowest BCUT2D eigenvalue weighted by atomic mass is 10.4. The quantitative estimate of drug-likeness (QED) is 0.787. The molecule has 0 aliphatic rings. The minimum atomic E-state index is -0.236. The van der Waals surface area contributed by atoms with Gasteiger partial charge >= 0.3 is 0 Å². The number of rotatable bonds is 3. The molecule has 0 aliphatic carbocycles. The topological polar surface area (TPSA) is 65.1 Å². The third kappa shape index (κ3) is 2.82. The molecule has 0 bridgehead atoms. The molecule has 1 rings (SSSR count). The van der Waals surface area contributed by atoms with E-state index >= 15 is 0 Å². The third-order valence-corrected chi connectivity index (χ3v) is 3.15. The van der Waals surface area contributed by atoms with Gasteiger partial charge in [-0.25, -0.2) is 0 Å². The summed E-state index contributed by atoms with van der Waals surface area (Å²) in [5.74, 6) is -0.236. The van der Waals surface area contributed by atoms with Crippen LogP contribution in [-0.4, -0.2) is 29.1 Å². The normalized spacial score (nSPS) is 10.1. The van der Waals surface area contributed by atoms with Crippen LogP contribution < -0.4 is 5.32 Å². The van der Waals surface area contributed by atoms with Crippen molar-refractivity contribution in [3.8, 4) is 0 Å². The van der Waals surface area contributed by atoms with E-state index < -0.39 is 0 Å². The average molecular weight is 312 g/mol. The summed E-state index contributed by atoms with van der Waals surface area (Å²) in [6.45, 7) is 0.196. The van der Waals surface area contributed by atoms with Gasteiger partial charge in [0.25, 0.3) is 5.91 Å². The van der Waals surface area contributed by atoms with E-state index in [1.54, 1.807) is 6.07 Å². The Bertz CT molecular complexity index is 292. The molecule has 13 heavy (non-hydrogen) atoms. The van der Waals surface area contributed by atoms with Gasteiger partial charge in [0.2, 0.25) is 0 Å². The van der Waals surface area contributed by atoms with Crippen molar-refractivity contribution >= 4 is 37.8 Å². The van der Waals surface area contributed by atoms with Crippen molar-refractivity contribution in [1.82, 2.24) is 10.3 Å². The Kier molecular flexibility index (Phi) is 3.95. The number of hydrogen-bond acceptors (Lipinski definition) is 2. The molecule has 0 spiro atoms. The maximum atomic E-state index is 11.3. The van der Waals surface area contributed by atoms with Crippen molar-refractivity contribution in [2.45, 2.75) is 0 Å². The summed E-state index contributed by atoms with van der Waals surface area (Å²) >= 11 is 6.47. The second-order valence-electron chi connectivity index (χ2n) is 2.32. The van der Waals surface area contributed by atoms with E-state index in [-0.39, 0.29) is 19.1 Å². The second kappa shape index (κ2) is 4.78. The van der Waals surface area contributed by atoms with Crippen LogP contribution in [0.2, 0.25) is 0 Å². The van der Waals surface area contributed by atoms with Gasteiger partial charge in [0.05, 0.1) is 15.7 Å². The minimum absolute atomic E-state index is 0.0607. The molecule has 0 atom stereocenters. The lowest BCUT2D eigenvalue weighted by molar-refractivity contribution is 0.0940. The van der Waals surface area contributed by atoms with Crippen LogP contribution in [0, 0.1) is 0 Å². The lowest BCUT2D eigenvalue weighted by Crippen LogP contribution is -2.26. The van der Waals surface area contributed by atoms with Crippen molar-refractivity contribution in [2.75, 3.05) is 13.2 Å². The fourth-order valence-electron chi connectivity index (χ4n) is 0.791.